The van der Waals surface area contributed by atoms with Crippen LogP contribution >= 0.6 is 0 Å². The third-order valence-electron chi connectivity index (χ3n) is 2.09. The molecule has 1 aromatic heterocycles. The second kappa shape index (κ2) is 2.69. The summed E-state index contributed by atoms with van der Waals surface area (Å²) in [5.74, 6) is 0.0895. The maximum absolute atomic E-state index is 13.3. The highest BCUT2D eigenvalue weighted by Crippen LogP contribution is 2.21. The van der Waals surface area contributed by atoms with Crippen LogP contribution < -0.4 is 5.73 Å². The monoisotopic (exact) mass is 176 g/mol. The lowest BCUT2D eigenvalue weighted by Gasteiger charge is -2.02. The lowest BCUT2D eigenvalue weighted by molar-refractivity contribution is 0.639. The third-order valence-corrected chi connectivity index (χ3v) is 2.09. The molecule has 1 heterocycles. The molecule has 0 radical (unpaired) electrons. The van der Waals surface area contributed by atoms with Crippen LogP contribution in [0.3, 0.4) is 0 Å². The average Bonchev–Trinajstić information content (AvgIpc) is 2.12. The minimum Gasteiger partial charge on any atom is -0.384 e. The number of anilines is 1. The van der Waals surface area contributed by atoms with Crippen molar-refractivity contribution in [3.05, 3.63) is 35.8 Å². The smallest absolute Gasteiger partial charge is 0.131 e. The van der Waals surface area contributed by atoms with Crippen LogP contribution in [0.25, 0.3) is 10.8 Å². The molecule has 0 spiro atoms. The summed E-state index contributed by atoms with van der Waals surface area (Å²) in [5, 5.41) is 1.35. The standard InChI is InChI=1S/C10H9FN2/c1-6-2-3-9(11)7-4-10(12)13-5-8(6)7/h2-5H,1H3,(H2,12,13). The fraction of sp³-hybridized carbons (Fsp3) is 0.100. The quantitative estimate of drug-likeness (QED) is 0.668. The number of benzene rings is 1. The largest absolute Gasteiger partial charge is 0.384 e. The number of nitrogens with zero attached hydrogens (tertiary/aromatic N) is 1. The van der Waals surface area contributed by atoms with Crippen molar-refractivity contribution in [2.75, 3.05) is 5.73 Å². The van der Waals surface area contributed by atoms with Crippen molar-refractivity contribution in [2.45, 2.75) is 6.92 Å². The number of hydrogen-bond acceptors (Lipinski definition) is 2. The van der Waals surface area contributed by atoms with Crippen molar-refractivity contribution in [2.24, 2.45) is 0 Å². The van der Waals surface area contributed by atoms with Crippen LogP contribution in [0.5, 0.6) is 0 Å². The molecule has 0 amide bonds. The summed E-state index contributed by atoms with van der Waals surface area (Å²) in [4.78, 5) is 3.92. The van der Waals surface area contributed by atoms with Crippen LogP contribution in [-0.4, -0.2) is 4.98 Å². The van der Waals surface area contributed by atoms with Gasteiger partial charge in [0.25, 0.3) is 0 Å². The molecular weight excluding hydrogens is 167 g/mol. The summed E-state index contributed by atoms with van der Waals surface area (Å²) in [6.45, 7) is 1.92. The van der Waals surface area contributed by atoms with Gasteiger partial charge in [-0.2, -0.15) is 0 Å². The van der Waals surface area contributed by atoms with E-state index in [2.05, 4.69) is 4.98 Å². The number of hydrogen-bond donors (Lipinski definition) is 1. The first-order valence-electron chi connectivity index (χ1n) is 3.99. The van der Waals surface area contributed by atoms with E-state index in [1.54, 1.807) is 18.3 Å². The molecule has 0 unspecified atom stereocenters. The molecule has 2 N–H and O–H groups in total. The third kappa shape index (κ3) is 1.22. The van der Waals surface area contributed by atoms with Crippen LogP contribution in [-0.2, 0) is 0 Å². The van der Waals surface area contributed by atoms with Gasteiger partial charge in [0.15, 0.2) is 0 Å². The van der Waals surface area contributed by atoms with Crippen LogP contribution in [0.1, 0.15) is 5.56 Å². The van der Waals surface area contributed by atoms with E-state index >= 15 is 0 Å². The Labute approximate surface area is 75.2 Å². The lowest BCUT2D eigenvalue weighted by Crippen LogP contribution is -1.91. The average molecular weight is 176 g/mol. The van der Waals surface area contributed by atoms with Crippen molar-refractivity contribution in [1.29, 1.82) is 0 Å². The Hall–Kier alpha value is -1.64. The Bertz CT molecular complexity index is 466. The summed E-state index contributed by atoms with van der Waals surface area (Å²) in [6, 6.07) is 4.73. The maximum Gasteiger partial charge on any atom is 0.131 e. The van der Waals surface area contributed by atoms with Crippen molar-refractivity contribution in [1.82, 2.24) is 4.98 Å². The summed E-state index contributed by atoms with van der Waals surface area (Å²) in [7, 11) is 0. The molecule has 0 saturated heterocycles. The highest BCUT2D eigenvalue weighted by Gasteiger charge is 2.03. The van der Waals surface area contributed by atoms with E-state index < -0.39 is 0 Å². The Morgan fingerprint density at radius 3 is 2.85 bits per heavy atom. The number of pyridine rings is 1. The second-order valence-electron chi connectivity index (χ2n) is 3.02. The number of aryl methyl sites for hydroxylation is 1. The van der Waals surface area contributed by atoms with E-state index in [9.17, 15) is 4.39 Å². The predicted octanol–water partition coefficient (Wildman–Crippen LogP) is 2.26. The molecule has 0 atom stereocenters. The molecule has 2 rings (SSSR count). The van der Waals surface area contributed by atoms with E-state index in [0.717, 1.165) is 10.9 Å². The van der Waals surface area contributed by atoms with Gasteiger partial charge in [0.2, 0.25) is 0 Å². The lowest BCUT2D eigenvalue weighted by atomic mass is 10.1. The Balaban J connectivity index is 2.92. The Kier molecular flexibility index (Phi) is 1.65. The highest BCUT2D eigenvalue weighted by atomic mass is 19.1. The first-order valence-corrected chi connectivity index (χ1v) is 3.99. The summed E-state index contributed by atoms with van der Waals surface area (Å²) >= 11 is 0. The van der Waals surface area contributed by atoms with Gasteiger partial charge < -0.3 is 5.73 Å². The molecule has 0 aliphatic carbocycles. The van der Waals surface area contributed by atoms with Crippen molar-refractivity contribution >= 4 is 16.6 Å². The summed E-state index contributed by atoms with van der Waals surface area (Å²) < 4.78 is 13.3. The second-order valence-corrected chi connectivity index (χ2v) is 3.02. The first-order chi connectivity index (χ1) is 6.18. The number of nitrogens with two attached hydrogens (primary N) is 1. The molecule has 0 aliphatic rings. The van der Waals surface area contributed by atoms with Gasteiger partial charge in [-0.15, -0.1) is 0 Å². The molecule has 66 valence electrons. The van der Waals surface area contributed by atoms with Gasteiger partial charge in [0.1, 0.15) is 11.6 Å². The van der Waals surface area contributed by atoms with Crippen molar-refractivity contribution < 1.29 is 4.39 Å². The van der Waals surface area contributed by atoms with Gasteiger partial charge in [0, 0.05) is 17.0 Å². The van der Waals surface area contributed by atoms with Crippen LogP contribution in [0.15, 0.2) is 24.4 Å². The zero-order valence-electron chi connectivity index (χ0n) is 7.21. The predicted molar refractivity (Wildman–Crippen MR) is 50.9 cm³/mol. The van der Waals surface area contributed by atoms with Crippen LogP contribution in [0.4, 0.5) is 10.2 Å². The Morgan fingerprint density at radius 1 is 1.31 bits per heavy atom. The fourth-order valence-corrected chi connectivity index (χ4v) is 1.36. The van der Waals surface area contributed by atoms with E-state index in [-0.39, 0.29) is 5.82 Å². The highest BCUT2D eigenvalue weighted by molar-refractivity contribution is 5.86. The minimum atomic E-state index is -0.255. The SMILES string of the molecule is Cc1ccc(F)c2cc(N)ncc12. The van der Waals surface area contributed by atoms with E-state index in [1.165, 1.54) is 6.07 Å². The van der Waals surface area contributed by atoms with Gasteiger partial charge >= 0.3 is 0 Å². The van der Waals surface area contributed by atoms with Crippen LogP contribution in [0, 0.1) is 12.7 Å². The van der Waals surface area contributed by atoms with E-state index in [1.807, 2.05) is 6.92 Å². The molecule has 1 aromatic carbocycles. The van der Waals surface area contributed by atoms with Crippen molar-refractivity contribution in [3.8, 4) is 0 Å². The zero-order valence-corrected chi connectivity index (χ0v) is 7.21. The van der Waals surface area contributed by atoms with Gasteiger partial charge in [-0.05, 0) is 24.6 Å². The normalized spacial score (nSPS) is 10.6. The number of rotatable bonds is 0. The molecule has 13 heavy (non-hydrogen) atoms. The van der Waals surface area contributed by atoms with Gasteiger partial charge in [0.05, 0.1) is 0 Å². The van der Waals surface area contributed by atoms with Crippen molar-refractivity contribution in [3.63, 3.8) is 0 Å². The van der Waals surface area contributed by atoms with Gasteiger partial charge in [-0.25, -0.2) is 9.37 Å². The molecule has 2 aromatic rings. The van der Waals surface area contributed by atoms with E-state index in [4.69, 9.17) is 5.73 Å². The molecule has 0 aliphatic heterocycles. The van der Waals surface area contributed by atoms with Gasteiger partial charge in [-0.1, -0.05) is 6.07 Å². The minimum absolute atomic E-state index is 0.255. The molecule has 3 heteroatoms. The molecule has 0 saturated carbocycles. The Morgan fingerprint density at radius 2 is 2.08 bits per heavy atom. The zero-order chi connectivity index (χ0) is 9.42. The van der Waals surface area contributed by atoms with Crippen LogP contribution in [0.2, 0.25) is 0 Å². The molecule has 2 nitrogen and oxygen atoms in total. The number of aromatic nitrogens is 1. The molecule has 0 fully saturated rings. The number of nitrogen functional groups attached to an aromatic ring is 1. The summed E-state index contributed by atoms with van der Waals surface area (Å²) in [6.07, 6.45) is 1.60. The van der Waals surface area contributed by atoms with E-state index in [0.29, 0.717) is 11.2 Å². The first kappa shape index (κ1) is 7.98. The summed E-state index contributed by atoms with van der Waals surface area (Å²) in [5.41, 5.74) is 6.47. The van der Waals surface area contributed by atoms with Gasteiger partial charge in [-0.3, -0.25) is 0 Å². The number of fused-ring (bicyclic) bond motifs is 1. The fourth-order valence-electron chi connectivity index (χ4n) is 1.36. The molecule has 0 bridgehead atoms. The number of halogens is 1. The topological polar surface area (TPSA) is 38.9 Å². The molecular formula is C10H9FN2. The maximum atomic E-state index is 13.3.